The Labute approximate surface area is 99.9 Å². The van der Waals surface area contributed by atoms with Crippen molar-refractivity contribution in [2.45, 2.75) is 13.8 Å². The van der Waals surface area contributed by atoms with Crippen molar-refractivity contribution in [2.75, 3.05) is 0 Å². The van der Waals surface area contributed by atoms with E-state index in [0.717, 1.165) is 17.0 Å². The molecule has 0 spiro atoms. The Morgan fingerprint density at radius 2 is 1.76 bits per heavy atom. The smallest absolute Gasteiger partial charge is 0.240 e. The monoisotopic (exact) mass is 224 g/mol. The van der Waals surface area contributed by atoms with Gasteiger partial charge in [0.25, 0.3) is 0 Å². The molecule has 0 amide bonds. The molecular formula is C14H12N2O. The molecule has 0 aliphatic heterocycles. The summed E-state index contributed by atoms with van der Waals surface area (Å²) in [7, 11) is 0. The number of aromatic nitrogens is 1. The summed E-state index contributed by atoms with van der Waals surface area (Å²) in [5.41, 5.74) is 4.45. The predicted octanol–water partition coefficient (Wildman–Crippen LogP) is 3.33. The fraction of sp³-hybridized carbons (Fsp3) is 0.143. The van der Waals surface area contributed by atoms with Gasteiger partial charge < -0.3 is 0 Å². The molecule has 0 unspecified atom stereocenters. The van der Waals surface area contributed by atoms with Gasteiger partial charge in [0, 0.05) is 5.56 Å². The van der Waals surface area contributed by atoms with Crippen molar-refractivity contribution in [1.82, 2.24) is 4.98 Å². The molecule has 0 N–H and O–H groups in total. The van der Waals surface area contributed by atoms with Gasteiger partial charge in [0.1, 0.15) is 0 Å². The lowest BCUT2D eigenvalue weighted by atomic mass is 10.1. The van der Waals surface area contributed by atoms with E-state index in [1.54, 1.807) is 6.07 Å². The molecule has 1 heterocycles. The number of aryl methyl sites for hydroxylation is 2. The van der Waals surface area contributed by atoms with Crippen LogP contribution in [-0.2, 0) is 4.79 Å². The third-order valence-corrected chi connectivity index (χ3v) is 2.57. The topological polar surface area (TPSA) is 42.3 Å². The van der Waals surface area contributed by atoms with Gasteiger partial charge in [-0.05, 0) is 26.0 Å². The summed E-state index contributed by atoms with van der Waals surface area (Å²) in [4.78, 5) is 18.2. The highest BCUT2D eigenvalue weighted by molar-refractivity contribution is 5.63. The van der Waals surface area contributed by atoms with Crippen molar-refractivity contribution >= 4 is 11.8 Å². The molecule has 0 aliphatic carbocycles. The lowest BCUT2D eigenvalue weighted by molar-refractivity contribution is 0.565. The van der Waals surface area contributed by atoms with Gasteiger partial charge in [0.15, 0.2) is 0 Å². The Morgan fingerprint density at radius 3 is 2.35 bits per heavy atom. The molecule has 1 aromatic heterocycles. The second kappa shape index (κ2) is 4.73. The number of isocyanates is 1. The Kier molecular flexibility index (Phi) is 3.12. The number of carbonyl (C=O) groups excluding carboxylic acids is 1. The van der Waals surface area contributed by atoms with Crippen LogP contribution >= 0.6 is 0 Å². The van der Waals surface area contributed by atoms with E-state index in [1.807, 2.05) is 44.2 Å². The third-order valence-electron chi connectivity index (χ3n) is 2.57. The summed E-state index contributed by atoms with van der Waals surface area (Å²) in [5, 5.41) is 0. The van der Waals surface area contributed by atoms with Crippen molar-refractivity contribution in [3.63, 3.8) is 0 Å². The number of hydrogen-bond donors (Lipinski definition) is 0. The first kappa shape index (κ1) is 11.2. The van der Waals surface area contributed by atoms with Crippen LogP contribution in [0.4, 0.5) is 5.69 Å². The minimum atomic E-state index is 0.566. The van der Waals surface area contributed by atoms with Gasteiger partial charge in [-0.25, -0.2) is 4.79 Å². The van der Waals surface area contributed by atoms with E-state index >= 15 is 0 Å². The first-order chi connectivity index (χ1) is 8.20. The van der Waals surface area contributed by atoms with Gasteiger partial charge in [-0.3, -0.25) is 4.98 Å². The van der Waals surface area contributed by atoms with E-state index in [0.29, 0.717) is 5.69 Å². The highest BCUT2D eigenvalue weighted by Gasteiger charge is 2.02. The fourth-order valence-corrected chi connectivity index (χ4v) is 1.61. The Balaban J connectivity index is 2.44. The van der Waals surface area contributed by atoms with E-state index in [1.165, 1.54) is 11.6 Å². The highest BCUT2D eigenvalue weighted by atomic mass is 16.1. The minimum Gasteiger partial charge on any atom is -0.251 e. The van der Waals surface area contributed by atoms with Crippen LogP contribution in [0.25, 0.3) is 11.3 Å². The second-order valence-electron chi connectivity index (χ2n) is 3.87. The molecule has 2 rings (SSSR count). The molecule has 3 heteroatoms. The van der Waals surface area contributed by atoms with Crippen molar-refractivity contribution in [3.8, 4) is 11.3 Å². The molecule has 0 saturated heterocycles. The SMILES string of the molecule is Cc1ccc(-c2ccc(N=C=O)c(C)n2)cc1. The van der Waals surface area contributed by atoms with Crippen LogP contribution in [0.15, 0.2) is 41.4 Å². The van der Waals surface area contributed by atoms with Gasteiger partial charge in [-0.2, -0.15) is 4.99 Å². The molecule has 3 nitrogen and oxygen atoms in total. The van der Waals surface area contributed by atoms with E-state index in [9.17, 15) is 4.79 Å². The van der Waals surface area contributed by atoms with Crippen LogP contribution in [-0.4, -0.2) is 11.1 Å². The van der Waals surface area contributed by atoms with Gasteiger partial charge in [0.2, 0.25) is 6.08 Å². The first-order valence-electron chi connectivity index (χ1n) is 5.33. The van der Waals surface area contributed by atoms with E-state index in [2.05, 4.69) is 9.98 Å². The van der Waals surface area contributed by atoms with Gasteiger partial charge in [-0.1, -0.05) is 29.8 Å². The summed E-state index contributed by atoms with van der Waals surface area (Å²) in [6.07, 6.45) is 1.53. The highest BCUT2D eigenvalue weighted by Crippen LogP contribution is 2.22. The lowest BCUT2D eigenvalue weighted by Crippen LogP contribution is -1.87. The largest absolute Gasteiger partial charge is 0.251 e. The standard InChI is InChI=1S/C14H12N2O/c1-10-3-5-12(6-4-10)14-8-7-13(15-9-17)11(2)16-14/h3-8H,1-2H3. The molecule has 2 aromatic rings. The predicted molar refractivity (Wildman–Crippen MR) is 66.9 cm³/mol. The van der Waals surface area contributed by atoms with Gasteiger partial charge in [-0.15, -0.1) is 0 Å². The zero-order chi connectivity index (χ0) is 12.3. The number of benzene rings is 1. The van der Waals surface area contributed by atoms with Crippen LogP contribution in [0.2, 0.25) is 0 Å². The van der Waals surface area contributed by atoms with E-state index in [-0.39, 0.29) is 0 Å². The first-order valence-corrected chi connectivity index (χ1v) is 5.33. The Bertz CT molecular complexity index is 582. The van der Waals surface area contributed by atoms with Crippen molar-refractivity contribution in [1.29, 1.82) is 0 Å². The molecular weight excluding hydrogens is 212 g/mol. The van der Waals surface area contributed by atoms with Crippen LogP contribution in [0.5, 0.6) is 0 Å². The second-order valence-corrected chi connectivity index (χ2v) is 3.87. The maximum atomic E-state index is 10.2. The zero-order valence-corrected chi connectivity index (χ0v) is 9.77. The summed E-state index contributed by atoms with van der Waals surface area (Å²) in [6.45, 7) is 3.87. The maximum absolute atomic E-state index is 10.2. The van der Waals surface area contributed by atoms with Crippen LogP contribution in [0.3, 0.4) is 0 Å². The quantitative estimate of drug-likeness (QED) is 0.580. The summed E-state index contributed by atoms with van der Waals surface area (Å²) in [5.74, 6) is 0. The van der Waals surface area contributed by atoms with Crippen molar-refractivity contribution in [3.05, 3.63) is 47.7 Å². The molecule has 0 bridgehead atoms. The zero-order valence-electron chi connectivity index (χ0n) is 9.77. The number of nitrogens with zero attached hydrogens (tertiary/aromatic N) is 2. The average Bonchev–Trinajstić information content (AvgIpc) is 2.33. The molecule has 0 radical (unpaired) electrons. The normalized spacial score (nSPS) is 9.76. The molecule has 84 valence electrons. The third kappa shape index (κ3) is 2.47. The molecule has 0 aliphatic rings. The Morgan fingerprint density at radius 1 is 1.06 bits per heavy atom. The molecule has 0 saturated carbocycles. The summed E-state index contributed by atoms with van der Waals surface area (Å²) < 4.78 is 0. The maximum Gasteiger partial charge on any atom is 0.240 e. The minimum absolute atomic E-state index is 0.566. The average molecular weight is 224 g/mol. The van der Waals surface area contributed by atoms with E-state index < -0.39 is 0 Å². The summed E-state index contributed by atoms with van der Waals surface area (Å²) in [6, 6.07) is 11.8. The molecule has 1 aromatic carbocycles. The Hall–Kier alpha value is -2.25. The van der Waals surface area contributed by atoms with E-state index in [4.69, 9.17) is 0 Å². The van der Waals surface area contributed by atoms with Crippen LogP contribution < -0.4 is 0 Å². The number of pyridine rings is 1. The number of rotatable bonds is 2. The fourth-order valence-electron chi connectivity index (χ4n) is 1.61. The van der Waals surface area contributed by atoms with Crippen LogP contribution in [0.1, 0.15) is 11.3 Å². The van der Waals surface area contributed by atoms with Gasteiger partial charge in [0.05, 0.1) is 17.1 Å². The summed E-state index contributed by atoms with van der Waals surface area (Å²) >= 11 is 0. The lowest BCUT2D eigenvalue weighted by Gasteiger charge is -2.04. The van der Waals surface area contributed by atoms with Crippen molar-refractivity contribution in [2.24, 2.45) is 4.99 Å². The van der Waals surface area contributed by atoms with Crippen LogP contribution in [0, 0.1) is 13.8 Å². The van der Waals surface area contributed by atoms with Crippen molar-refractivity contribution < 1.29 is 4.79 Å². The molecule has 17 heavy (non-hydrogen) atoms. The molecule has 0 atom stereocenters. The van der Waals surface area contributed by atoms with Gasteiger partial charge >= 0.3 is 0 Å². The molecule has 0 fully saturated rings. The number of hydrogen-bond acceptors (Lipinski definition) is 3. The number of aliphatic imine (C=N–C) groups is 1.